The summed E-state index contributed by atoms with van der Waals surface area (Å²) >= 11 is 7.73. The number of rotatable bonds is 7. The molecule has 0 spiro atoms. The first-order chi connectivity index (χ1) is 21.8. The van der Waals surface area contributed by atoms with Crippen LogP contribution in [0.5, 0.6) is 5.75 Å². The minimum Gasteiger partial charge on any atom is -0.491 e. The van der Waals surface area contributed by atoms with E-state index in [1.807, 2.05) is 38.2 Å². The first-order valence-corrected chi connectivity index (χ1v) is 15.6. The van der Waals surface area contributed by atoms with Crippen molar-refractivity contribution in [3.8, 4) is 16.9 Å². The van der Waals surface area contributed by atoms with E-state index in [4.69, 9.17) is 21.3 Å². The number of ether oxygens (including phenoxy) is 1. The summed E-state index contributed by atoms with van der Waals surface area (Å²) < 4.78 is 8.68. The third kappa shape index (κ3) is 5.27. The first-order valence-electron chi connectivity index (χ1n) is 14.4. The number of thiophene rings is 1. The lowest BCUT2D eigenvalue weighted by atomic mass is 10.0. The highest BCUT2D eigenvalue weighted by Crippen LogP contribution is 2.40. The Balaban J connectivity index is 1.17. The maximum absolute atomic E-state index is 13.8. The number of pyridine rings is 3. The van der Waals surface area contributed by atoms with Crippen molar-refractivity contribution in [3.63, 3.8) is 0 Å². The van der Waals surface area contributed by atoms with Gasteiger partial charge in [-0.15, -0.1) is 11.3 Å². The van der Waals surface area contributed by atoms with E-state index in [-0.39, 0.29) is 17.7 Å². The average Bonchev–Trinajstić information content (AvgIpc) is 3.46. The number of carbonyl (C=O) groups is 1. The molecule has 226 valence electrons. The van der Waals surface area contributed by atoms with Crippen LogP contribution in [0.2, 0.25) is 5.02 Å². The van der Waals surface area contributed by atoms with Gasteiger partial charge in [0, 0.05) is 69.9 Å². The second kappa shape index (κ2) is 11.6. The van der Waals surface area contributed by atoms with Crippen LogP contribution in [0, 0.1) is 13.8 Å². The van der Waals surface area contributed by atoms with E-state index in [1.54, 1.807) is 40.5 Å². The summed E-state index contributed by atoms with van der Waals surface area (Å²) in [6, 6.07) is 11.1. The van der Waals surface area contributed by atoms with E-state index in [2.05, 4.69) is 19.9 Å². The summed E-state index contributed by atoms with van der Waals surface area (Å²) in [4.78, 5) is 45.9. The number of aromatic nitrogens is 5. The third-order valence-corrected chi connectivity index (χ3v) is 9.29. The summed E-state index contributed by atoms with van der Waals surface area (Å²) in [5.41, 5.74) is 6.05. The minimum absolute atomic E-state index is 0.0788. The van der Waals surface area contributed by atoms with Crippen molar-refractivity contribution in [2.45, 2.75) is 33.4 Å². The first kappa shape index (κ1) is 28.9. The molecule has 6 aromatic rings. The van der Waals surface area contributed by atoms with Gasteiger partial charge in [0.1, 0.15) is 18.2 Å². The quantitative estimate of drug-likeness (QED) is 0.222. The zero-order valence-electron chi connectivity index (χ0n) is 24.5. The molecule has 0 amide bonds. The van der Waals surface area contributed by atoms with Gasteiger partial charge in [-0.3, -0.25) is 24.3 Å². The molecule has 0 radical (unpaired) electrons. The van der Waals surface area contributed by atoms with Gasteiger partial charge < -0.3 is 14.7 Å². The Kier molecular flexibility index (Phi) is 7.42. The molecule has 10 nitrogen and oxygen atoms in total. The standard InChI is InChI=1S/C33H27ClN6O4S/c1-18-13-22(31-30(37-18)25(17-45-31)33(42)43)21-14-20(34)3-4-29(21)44-12-11-40-19(2)38-27-7-10-39(16-24(27)32(40)41)28-6-9-36-26-5-8-35-15-23(26)28/h3-6,8-9,13-15,17H,7,10-12,16H2,1-2H3,(H,42,43). The van der Waals surface area contributed by atoms with Gasteiger partial charge >= 0.3 is 5.97 Å². The fourth-order valence-corrected chi connectivity index (χ4v) is 7.11. The van der Waals surface area contributed by atoms with E-state index in [0.717, 1.165) is 44.7 Å². The molecule has 5 aromatic heterocycles. The van der Waals surface area contributed by atoms with Crippen LogP contribution in [0.15, 0.2) is 65.2 Å². The lowest BCUT2D eigenvalue weighted by Crippen LogP contribution is -2.39. The molecule has 0 atom stereocenters. The topological polar surface area (TPSA) is 123 Å². The van der Waals surface area contributed by atoms with Gasteiger partial charge in [-0.05, 0) is 50.2 Å². The second-order valence-corrected chi connectivity index (χ2v) is 12.2. The molecular weight excluding hydrogens is 612 g/mol. The van der Waals surface area contributed by atoms with Crippen LogP contribution in [0.1, 0.15) is 33.1 Å². The van der Waals surface area contributed by atoms with E-state index < -0.39 is 5.97 Å². The maximum atomic E-state index is 13.8. The normalized spacial score (nSPS) is 12.9. The van der Waals surface area contributed by atoms with Crippen molar-refractivity contribution in [2.24, 2.45) is 0 Å². The van der Waals surface area contributed by atoms with E-state index in [0.29, 0.717) is 52.9 Å². The van der Waals surface area contributed by atoms with Gasteiger partial charge in [0.2, 0.25) is 0 Å². The van der Waals surface area contributed by atoms with Crippen LogP contribution in [0.3, 0.4) is 0 Å². The Hall–Kier alpha value is -4.87. The van der Waals surface area contributed by atoms with Crippen molar-refractivity contribution >= 4 is 55.7 Å². The van der Waals surface area contributed by atoms with Gasteiger partial charge in [-0.25, -0.2) is 9.78 Å². The number of nitrogens with zero attached hydrogens (tertiary/aromatic N) is 6. The average molecular weight is 639 g/mol. The second-order valence-electron chi connectivity index (χ2n) is 10.9. The predicted molar refractivity (Wildman–Crippen MR) is 175 cm³/mol. The summed E-state index contributed by atoms with van der Waals surface area (Å²) in [5.74, 6) is 0.177. The molecular formula is C33H27ClN6O4S. The lowest BCUT2D eigenvalue weighted by Gasteiger charge is -2.31. The van der Waals surface area contributed by atoms with Crippen LogP contribution in [-0.4, -0.2) is 48.7 Å². The predicted octanol–water partition coefficient (Wildman–Crippen LogP) is 6.07. The Labute approximate surface area is 266 Å². The molecule has 0 unspecified atom stereocenters. The molecule has 0 fully saturated rings. The van der Waals surface area contributed by atoms with Crippen molar-refractivity contribution in [1.29, 1.82) is 0 Å². The number of carboxylic acid groups (broad SMARTS) is 1. The van der Waals surface area contributed by atoms with Crippen LogP contribution in [0.25, 0.3) is 32.2 Å². The van der Waals surface area contributed by atoms with Gasteiger partial charge in [0.05, 0.1) is 45.6 Å². The summed E-state index contributed by atoms with van der Waals surface area (Å²) in [6.45, 7) is 5.34. The Morgan fingerprint density at radius 2 is 1.98 bits per heavy atom. The Bertz CT molecular complexity index is 2190. The van der Waals surface area contributed by atoms with E-state index >= 15 is 0 Å². The number of aromatic carboxylic acids is 1. The van der Waals surface area contributed by atoms with E-state index in [1.165, 1.54) is 11.3 Å². The van der Waals surface area contributed by atoms with Gasteiger partial charge in [-0.2, -0.15) is 0 Å². The van der Waals surface area contributed by atoms with Gasteiger partial charge in [-0.1, -0.05) is 11.6 Å². The highest BCUT2D eigenvalue weighted by atomic mass is 35.5. The largest absolute Gasteiger partial charge is 0.491 e. The molecule has 0 bridgehead atoms. The Morgan fingerprint density at radius 3 is 2.82 bits per heavy atom. The van der Waals surface area contributed by atoms with Crippen LogP contribution in [-0.2, 0) is 19.5 Å². The van der Waals surface area contributed by atoms with Crippen molar-refractivity contribution in [1.82, 2.24) is 24.5 Å². The highest BCUT2D eigenvalue weighted by Gasteiger charge is 2.24. The number of aryl methyl sites for hydroxylation is 2. The Morgan fingerprint density at radius 1 is 1.11 bits per heavy atom. The zero-order valence-corrected chi connectivity index (χ0v) is 26.0. The summed E-state index contributed by atoms with van der Waals surface area (Å²) in [6.07, 6.45) is 5.97. The van der Waals surface area contributed by atoms with Gasteiger partial charge in [0.15, 0.2) is 0 Å². The summed E-state index contributed by atoms with van der Waals surface area (Å²) in [5, 5.41) is 12.7. The monoisotopic (exact) mass is 638 g/mol. The molecule has 1 aromatic carbocycles. The highest BCUT2D eigenvalue weighted by molar-refractivity contribution is 7.18. The number of fused-ring (bicyclic) bond motifs is 3. The molecule has 12 heteroatoms. The molecule has 1 aliphatic rings. The molecule has 7 rings (SSSR count). The van der Waals surface area contributed by atoms with Crippen LogP contribution >= 0.6 is 22.9 Å². The van der Waals surface area contributed by atoms with Crippen LogP contribution in [0.4, 0.5) is 5.69 Å². The maximum Gasteiger partial charge on any atom is 0.338 e. The fourth-order valence-electron chi connectivity index (χ4n) is 5.93. The van der Waals surface area contributed by atoms with Gasteiger partial charge in [0.25, 0.3) is 5.56 Å². The number of hydrogen-bond acceptors (Lipinski definition) is 9. The molecule has 1 N–H and O–H groups in total. The number of anilines is 1. The molecule has 1 aliphatic heterocycles. The number of carboxylic acids is 1. The molecule has 0 saturated carbocycles. The lowest BCUT2D eigenvalue weighted by molar-refractivity contribution is 0.0699. The van der Waals surface area contributed by atoms with Crippen molar-refractivity contribution in [3.05, 3.63) is 104 Å². The number of hydrogen-bond donors (Lipinski definition) is 1. The molecule has 6 heterocycles. The van der Waals surface area contributed by atoms with Crippen molar-refractivity contribution in [2.75, 3.05) is 18.1 Å². The SMILES string of the molecule is Cc1cc(-c2cc(Cl)ccc2OCCn2c(C)nc3c(c2=O)CN(c2ccnc4ccncc24)CC3)c2scc(C(=O)O)c2n1. The minimum atomic E-state index is -1.03. The molecule has 45 heavy (non-hydrogen) atoms. The smallest absolute Gasteiger partial charge is 0.338 e. The fraction of sp³-hybridized carbons (Fsp3) is 0.212. The number of halogens is 1. The summed E-state index contributed by atoms with van der Waals surface area (Å²) in [7, 11) is 0. The molecule has 0 aliphatic carbocycles. The third-order valence-electron chi connectivity index (χ3n) is 8.05. The van der Waals surface area contributed by atoms with Crippen molar-refractivity contribution < 1.29 is 14.6 Å². The molecule has 0 saturated heterocycles. The van der Waals surface area contributed by atoms with E-state index in [9.17, 15) is 14.7 Å². The zero-order chi connectivity index (χ0) is 31.2. The number of benzene rings is 1. The van der Waals surface area contributed by atoms with Crippen LogP contribution < -0.4 is 15.2 Å².